The van der Waals surface area contributed by atoms with E-state index in [9.17, 15) is 0 Å². The smallest absolute Gasteiger partial charge is 0.355 e. The van der Waals surface area contributed by atoms with Gasteiger partial charge in [-0.05, 0) is 72.8 Å². The summed E-state index contributed by atoms with van der Waals surface area (Å²) >= 11 is 0. The van der Waals surface area contributed by atoms with Gasteiger partial charge in [0.25, 0.3) is 0 Å². The average molecular weight is 358 g/mol. The van der Waals surface area contributed by atoms with Gasteiger partial charge < -0.3 is 9.97 Å². The first-order valence-corrected chi connectivity index (χ1v) is 7.85. The van der Waals surface area contributed by atoms with E-state index in [0.717, 1.165) is 44.8 Å². The molecule has 0 spiro atoms. The van der Waals surface area contributed by atoms with Crippen LogP contribution in [0.1, 0.15) is 22.8 Å². The summed E-state index contributed by atoms with van der Waals surface area (Å²) in [6.45, 7) is 0. The van der Waals surface area contributed by atoms with Crippen LogP contribution in [0, 0.1) is 0 Å². The van der Waals surface area contributed by atoms with E-state index in [1.54, 1.807) is 0 Å². The van der Waals surface area contributed by atoms with E-state index < -0.39 is 0 Å². The van der Waals surface area contributed by atoms with Gasteiger partial charge in [0, 0.05) is 22.1 Å². The second kappa shape index (κ2) is 6.32. The predicted molar refractivity (Wildman–Crippen MR) is 98.9 cm³/mol. The summed E-state index contributed by atoms with van der Waals surface area (Å²) in [6.07, 6.45) is 8.05. The number of nitrogens with one attached hydrogen (secondary N) is 2. The van der Waals surface area contributed by atoms with Crippen molar-refractivity contribution >= 4 is 46.4 Å². The molecule has 5 rings (SSSR count). The fraction of sp³-hybridized carbons (Fsp3) is 0. The van der Waals surface area contributed by atoms with Crippen LogP contribution in [0.15, 0.2) is 48.5 Å². The molecular weight excluding hydrogens is 344 g/mol. The van der Waals surface area contributed by atoms with Crippen LogP contribution < -0.4 is 0 Å². The Morgan fingerprint density at radius 1 is 0.480 bits per heavy atom. The standard InChI is InChI=1S/C20H14N4.Ti/c1-2-14-10-16-5-6-18(23-16)12-20-8-7-19(24-20)11-17-4-3-15(22-17)9-13(1)21-14;/h1-12,21-22H;/q;+4. The predicted octanol–water partition coefficient (Wildman–Crippen LogP) is 4.65. The molecule has 2 N–H and O–H groups in total. The van der Waals surface area contributed by atoms with Crippen molar-refractivity contribution in [3.63, 3.8) is 0 Å². The molecular formula is C20H14N4Ti+4. The van der Waals surface area contributed by atoms with Crippen LogP contribution >= 0.6 is 0 Å². The van der Waals surface area contributed by atoms with Crippen LogP contribution in [-0.2, 0) is 21.7 Å². The van der Waals surface area contributed by atoms with Crippen LogP contribution in [0.4, 0.5) is 0 Å². The third-order valence-electron chi connectivity index (χ3n) is 4.04. The van der Waals surface area contributed by atoms with Gasteiger partial charge in [0.05, 0.1) is 22.8 Å². The van der Waals surface area contributed by atoms with Gasteiger partial charge in [0.1, 0.15) is 0 Å². The van der Waals surface area contributed by atoms with Gasteiger partial charge in [-0.2, -0.15) is 0 Å². The number of H-pyrrole nitrogens is 2. The van der Waals surface area contributed by atoms with Crippen LogP contribution in [0.2, 0.25) is 0 Å². The third kappa shape index (κ3) is 3.27. The van der Waals surface area contributed by atoms with Gasteiger partial charge >= 0.3 is 21.7 Å². The largest absolute Gasteiger partial charge is 4.00 e. The number of hydrogen-bond acceptors (Lipinski definition) is 2. The maximum Gasteiger partial charge on any atom is 4.00 e. The number of rotatable bonds is 0. The number of hydrogen-bond donors (Lipinski definition) is 2. The van der Waals surface area contributed by atoms with Crippen LogP contribution in [0.3, 0.4) is 0 Å². The van der Waals surface area contributed by atoms with Crippen molar-refractivity contribution < 1.29 is 21.7 Å². The van der Waals surface area contributed by atoms with Gasteiger partial charge in [-0.15, -0.1) is 0 Å². The van der Waals surface area contributed by atoms with Gasteiger partial charge in [0.2, 0.25) is 0 Å². The summed E-state index contributed by atoms with van der Waals surface area (Å²) < 4.78 is 0. The van der Waals surface area contributed by atoms with Crippen molar-refractivity contribution in [2.75, 3.05) is 0 Å². The average Bonchev–Trinajstić information content (AvgIpc) is 3.32. The minimum atomic E-state index is 0. The second-order valence-electron chi connectivity index (χ2n) is 5.91. The Labute approximate surface area is 159 Å². The van der Waals surface area contributed by atoms with E-state index in [1.165, 1.54) is 0 Å². The van der Waals surface area contributed by atoms with Crippen LogP contribution in [0.25, 0.3) is 46.4 Å². The molecule has 8 bridgehead atoms. The minimum absolute atomic E-state index is 0. The Hall–Kier alpha value is -2.69. The van der Waals surface area contributed by atoms with E-state index in [0.29, 0.717) is 0 Å². The van der Waals surface area contributed by atoms with E-state index >= 15 is 0 Å². The van der Waals surface area contributed by atoms with Crippen molar-refractivity contribution in [3.8, 4) is 0 Å². The first-order chi connectivity index (χ1) is 11.8. The molecule has 0 saturated carbocycles. The summed E-state index contributed by atoms with van der Waals surface area (Å²) in [5, 5.41) is 0. The molecule has 0 fully saturated rings. The summed E-state index contributed by atoms with van der Waals surface area (Å²) in [7, 11) is 0. The van der Waals surface area contributed by atoms with Crippen LogP contribution in [-0.4, -0.2) is 19.9 Å². The molecule has 0 atom stereocenters. The van der Waals surface area contributed by atoms with Crippen molar-refractivity contribution in [2.45, 2.75) is 0 Å². The molecule has 0 aromatic carbocycles. The topological polar surface area (TPSA) is 57.4 Å². The van der Waals surface area contributed by atoms with E-state index in [4.69, 9.17) is 0 Å². The first kappa shape index (κ1) is 15.8. The number of aromatic nitrogens is 4. The number of fused-ring (bicyclic) bond motifs is 8. The van der Waals surface area contributed by atoms with E-state index in [1.807, 2.05) is 42.5 Å². The molecule has 0 aliphatic carbocycles. The zero-order chi connectivity index (χ0) is 15.9. The SMILES string of the molecule is C1=Cc2cc3ccc(cc4ccc(cc5nc(cc1n2)C=C5)[nH]4)[nH]3.[Ti+4]. The molecule has 5 heterocycles. The van der Waals surface area contributed by atoms with Gasteiger partial charge in [-0.25, -0.2) is 9.97 Å². The molecule has 3 aromatic rings. The zero-order valence-electron chi connectivity index (χ0n) is 13.3. The third-order valence-corrected chi connectivity index (χ3v) is 4.04. The fourth-order valence-corrected chi connectivity index (χ4v) is 2.94. The summed E-state index contributed by atoms with van der Waals surface area (Å²) in [6, 6.07) is 16.4. The Balaban J connectivity index is 0.00000157. The Morgan fingerprint density at radius 2 is 0.840 bits per heavy atom. The molecule has 0 radical (unpaired) electrons. The number of nitrogens with zero attached hydrogens (tertiary/aromatic N) is 2. The molecule has 0 amide bonds. The van der Waals surface area contributed by atoms with Gasteiger partial charge in [-0.1, -0.05) is 0 Å². The summed E-state index contributed by atoms with van der Waals surface area (Å²) in [4.78, 5) is 16.0. The Kier molecular flexibility index (Phi) is 4.00. The normalized spacial score (nSPS) is 12.2. The maximum absolute atomic E-state index is 4.62. The molecule has 3 aromatic heterocycles. The van der Waals surface area contributed by atoms with Gasteiger partial charge in [-0.3, -0.25) is 0 Å². The van der Waals surface area contributed by atoms with E-state index in [2.05, 4.69) is 50.3 Å². The molecule has 5 heteroatoms. The molecule has 4 nitrogen and oxygen atoms in total. The second-order valence-corrected chi connectivity index (χ2v) is 5.91. The molecule has 2 aliphatic heterocycles. The molecule has 25 heavy (non-hydrogen) atoms. The fourth-order valence-electron chi connectivity index (χ4n) is 2.94. The maximum atomic E-state index is 4.62. The molecule has 0 saturated heterocycles. The van der Waals surface area contributed by atoms with Crippen LogP contribution in [0.5, 0.6) is 0 Å². The quantitative estimate of drug-likeness (QED) is 0.396. The summed E-state index contributed by atoms with van der Waals surface area (Å²) in [5.74, 6) is 0. The molecule has 2 aliphatic rings. The van der Waals surface area contributed by atoms with Gasteiger partial charge in [0.15, 0.2) is 0 Å². The zero-order valence-corrected chi connectivity index (χ0v) is 14.9. The molecule has 114 valence electrons. The van der Waals surface area contributed by atoms with E-state index in [-0.39, 0.29) is 21.7 Å². The first-order valence-electron chi connectivity index (χ1n) is 7.85. The number of aromatic amines is 2. The Morgan fingerprint density at radius 3 is 1.28 bits per heavy atom. The summed E-state index contributed by atoms with van der Waals surface area (Å²) in [5.41, 5.74) is 7.86. The Bertz CT molecular complexity index is 1080. The van der Waals surface area contributed by atoms with Crippen molar-refractivity contribution in [3.05, 3.63) is 71.3 Å². The van der Waals surface area contributed by atoms with Crippen molar-refractivity contribution in [2.24, 2.45) is 0 Å². The van der Waals surface area contributed by atoms with Crippen molar-refractivity contribution in [1.29, 1.82) is 0 Å². The molecule has 0 unspecified atom stereocenters. The monoisotopic (exact) mass is 358 g/mol. The minimum Gasteiger partial charge on any atom is -0.355 e. The van der Waals surface area contributed by atoms with Crippen molar-refractivity contribution in [1.82, 2.24) is 19.9 Å².